The number of carbonyl (C=O) groups excluding carboxylic acids is 1. The van der Waals surface area contributed by atoms with Crippen LogP contribution < -0.4 is 19.8 Å². The van der Waals surface area contributed by atoms with E-state index in [9.17, 15) is 18.4 Å². The standard InChI is InChI=1S/C25H17F2NO5/c1-31-19-9-3-13(11-20(19)32-2)22-21-23(29)17-12-15(27)6-10-18(17)33-24(21)25(30)28(22)16-7-4-14(26)5-8-16/h3-12,22H,1-2H3. The smallest absolute Gasteiger partial charge is 0.295 e. The Morgan fingerprint density at radius 2 is 1.55 bits per heavy atom. The first-order chi connectivity index (χ1) is 15.9. The maximum absolute atomic E-state index is 13.9. The molecule has 166 valence electrons. The number of hydrogen-bond donors (Lipinski definition) is 0. The summed E-state index contributed by atoms with van der Waals surface area (Å²) >= 11 is 0. The van der Waals surface area contributed by atoms with Crippen molar-refractivity contribution < 1.29 is 27.5 Å². The van der Waals surface area contributed by atoms with Crippen molar-refractivity contribution in [3.8, 4) is 11.5 Å². The molecule has 1 atom stereocenters. The molecule has 0 saturated carbocycles. The maximum Gasteiger partial charge on any atom is 0.295 e. The highest BCUT2D eigenvalue weighted by Crippen LogP contribution is 2.43. The number of halogens is 2. The first kappa shape index (κ1) is 20.7. The minimum Gasteiger partial charge on any atom is -0.493 e. The number of hydrogen-bond acceptors (Lipinski definition) is 5. The summed E-state index contributed by atoms with van der Waals surface area (Å²) in [7, 11) is 2.96. The zero-order chi connectivity index (χ0) is 23.3. The van der Waals surface area contributed by atoms with Crippen LogP contribution in [0.1, 0.15) is 27.7 Å². The van der Waals surface area contributed by atoms with E-state index in [1.54, 1.807) is 18.2 Å². The Bertz CT molecular complexity index is 1460. The quantitative estimate of drug-likeness (QED) is 0.446. The second-order valence-electron chi connectivity index (χ2n) is 7.48. The number of methoxy groups -OCH3 is 2. The van der Waals surface area contributed by atoms with Crippen molar-refractivity contribution in [2.75, 3.05) is 19.1 Å². The van der Waals surface area contributed by atoms with Gasteiger partial charge in [-0.2, -0.15) is 0 Å². The van der Waals surface area contributed by atoms with E-state index in [0.717, 1.165) is 12.1 Å². The highest BCUT2D eigenvalue weighted by atomic mass is 19.1. The summed E-state index contributed by atoms with van der Waals surface area (Å²) in [6, 6.07) is 13.0. The maximum atomic E-state index is 13.9. The van der Waals surface area contributed by atoms with Crippen LogP contribution in [0, 0.1) is 11.6 Å². The number of ether oxygens (including phenoxy) is 2. The predicted octanol–water partition coefficient (Wildman–Crippen LogP) is 4.84. The molecule has 1 unspecified atom stereocenters. The monoisotopic (exact) mass is 449 g/mol. The fraction of sp³-hybridized carbons (Fsp3) is 0.120. The molecule has 0 aliphatic carbocycles. The van der Waals surface area contributed by atoms with E-state index in [4.69, 9.17) is 13.9 Å². The molecule has 6 nitrogen and oxygen atoms in total. The van der Waals surface area contributed by atoms with Gasteiger partial charge in [-0.05, 0) is 60.2 Å². The molecule has 3 aromatic carbocycles. The summed E-state index contributed by atoms with van der Waals surface area (Å²) in [6.45, 7) is 0. The topological polar surface area (TPSA) is 69.0 Å². The Labute approximate surface area is 186 Å². The number of rotatable bonds is 4. The van der Waals surface area contributed by atoms with Crippen LogP contribution in [0.2, 0.25) is 0 Å². The summed E-state index contributed by atoms with van der Waals surface area (Å²) in [6.07, 6.45) is 0. The second kappa shape index (κ2) is 7.74. The summed E-state index contributed by atoms with van der Waals surface area (Å²) < 4.78 is 44.0. The van der Waals surface area contributed by atoms with Gasteiger partial charge in [0, 0.05) is 5.69 Å². The van der Waals surface area contributed by atoms with Crippen molar-refractivity contribution in [3.05, 3.63) is 99.4 Å². The average molecular weight is 449 g/mol. The van der Waals surface area contributed by atoms with Crippen LogP contribution in [-0.2, 0) is 0 Å². The normalized spacial score (nSPS) is 15.1. The molecule has 8 heteroatoms. The van der Waals surface area contributed by atoms with Crippen molar-refractivity contribution in [2.24, 2.45) is 0 Å². The third kappa shape index (κ3) is 3.22. The summed E-state index contributed by atoms with van der Waals surface area (Å²) in [5.41, 5.74) is 0.535. The lowest BCUT2D eigenvalue weighted by Gasteiger charge is -2.25. The molecule has 2 heterocycles. The number of fused-ring (bicyclic) bond motifs is 2. The van der Waals surface area contributed by atoms with Crippen molar-refractivity contribution >= 4 is 22.6 Å². The summed E-state index contributed by atoms with van der Waals surface area (Å²) in [5.74, 6) is -0.931. The van der Waals surface area contributed by atoms with Crippen molar-refractivity contribution in [2.45, 2.75) is 6.04 Å². The molecule has 0 radical (unpaired) electrons. The molecule has 0 N–H and O–H groups in total. The Kier molecular flexibility index (Phi) is 4.85. The predicted molar refractivity (Wildman–Crippen MR) is 117 cm³/mol. The summed E-state index contributed by atoms with van der Waals surface area (Å²) in [4.78, 5) is 28.3. The third-order valence-electron chi connectivity index (χ3n) is 5.66. The first-order valence-corrected chi connectivity index (χ1v) is 10.00. The fourth-order valence-electron chi connectivity index (χ4n) is 4.15. The van der Waals surface area contributed by atoms with Gasteiger partial charge in [0.05, 0.1) is 31.2 Å². The van der Waals surface area contributed by atoms with Crippen LogP contribution in [0.3, 0.4) is 0 Å². The van der Waals surface area contributed by atoms with E-state index in [1.807, 2.05) is 0 Å². The molecule has 0 saturated heterocycles. The van der Waals surface area contributed by atoms with Crippen LogP contribution in [0.15, 0.2) is 69.9 Å². The van der Waals surface area contributed by atoms with Gasteiger partial charge < -0.3 is 13.9 Å². The Morgan fingerprint density at radius 3 is 2.24 bits per heavy atom. The number of amides is 1. The van der Waals surface area contributed by atoms with Gasteiger partial charge in [0.15, 0.2) is 16.9 Å². The van der Waals surface area contributed by atoms with Crippen LogP contribution in [0.4, 0.5) is 14.5 Å². The molecule has 0 bridgehead atoms. The van der Waals surface area contributed by atoms with E-state index in [1.165, 1.54) is 49.5 Å². The number of anilines is 1. The van der Waals surface area contributed by atoms with Crippen LogP contribution in [0.25, 0.3) is 11.0 Å². The van der Waals surface area contributed by atoms with E-state index < -0.39 is 29.0 Å². The minimum atomic E-state index is -0.915. The van der Waals surface area contributed by atoms with Gasteiger partial charge in [-0.15, -0.1) is 0 Å². The van der Waals surface area contributed by atoms with Gasteiger partial charge in [-0.3, -0.25) is 14.5 Å². The average Bonchev–Trinajstić information content (AvgIpc) is 3.12. The molecule has 1 aliphatic rings. The van der Waals surface area contributed by atoms with Crippen molar-refractivity contribution in [1.82, 2.24) is 0 Å². The minimum absolute atomic E-state index is 0.0213. The van der Waals surface area contributed by atoms with Crippen LogP contribution >= 0.6 is 0 Å². The van der Waals surface area contributed by atoms with Crippen LogP contribution in [-0.4, -0.2) is 20.1 Å². The number of benzene rings is 3. The molecule has 0 spiro atoms. The first-order valence-electron chi connectivity index (χ1n) is 10.00. The van der Waals surface area contributed by atoms with Gasteiger partial charge in [0.25, 0.3) is 5.91 Å². The lowest BCUT2D eigenvalue weighted by Crippen LogP contribution is -2.29. The van der Waals surface area contributed by atoms with Crippen molar-refractivity contribution in [1.29, 1.82) is 0 Å². The molecule has 33 heavy (non-hydrogen) atoms. The molecule has 0 fully saturated rings. The van der Waals surface area contributed by atoms with E-state index in [-0.39, 0.29) is 22.3 Å². The van der Waals surface area contributed by atoms with Gasteiger partial charge >= 0.3 is 0 Å². The third-order valence-corrected chi connectivity index (χ3v) is 5.66. The zero-order valence-electron chi connectivity index (χ0n) is 17.6. The van der Waals surface area contributed by atoms with Gasteiger partial charge in [0.2, 0.25) is 5.76 Å². The lowest BCUT2D eigenvalue weighted by molar-refractivity contribution is 0.0971. The van der Waals surface area contributed by atoms with E-state index in [0.29, 0.717) is 22.7 Å². The number of nitrogens with zero attached hydrogens (tertiary/aromatic N) is 1. The SMILES string of the molecule is COc1ccc(C2c3c(oc4ccc(F)cc4c3=O)C(=O)N2c2ccc(F)cc2)cc1OC. The summed E-state index contributed by atoms with van der Waals surface area (Å²) in [5, 5.41) is 0.0213. The van der Waals surface area contributed by atoms with E-state index >= 15 is 0 Å². The largest absolute Gasteiger partial charge is 0.493 e. The second-order valence-corrected chi connectivity index (χ2v) is 7.48. The van der Waals surface area contributed by atoms with Crippen molar-refractivity contribution in [3.63, 3.8) is 0 Å². The molecular weight excluding hydrogens is 432 g/mol. The van der Waals surface area contributed by atoms with Gasteiger partial charge in [0.1, 0.15) is 17.2 Å². The molecule has 1 aliphatic heterocycles. The van der Waals surface area contributed by atoms with Crippen LogP contribution in [0.5, 0.6) is 11.5 Å². The molecule has 1 aromatic heterocycles. The molecular formula is C25H17F2NO5. The molecule has 4 aromatic rings. The Morgan fingerprint density at radius 1 is 0.848 bits per heavy atom. The van der Waals surface area contributed by atoms with E-state index in [2.05, 4.69) is 0 Å². The lowest BCUT2D eigenvalue weighted by atomic mass is 9.97. The van der Waals surface area contributed by atoms with Gasteiger partial charge in [-0.1, -0.05) is 6.07 Å². The zero-order valence-corrected chi connectivity index (χ0v) is 17.6. The fourth-order valence-corrected chi connectivity index (χ4v) is 4.15. The van der Waals surface area contributed by atoms with Gasteiger partial charge in [-0.25, -0.2) is 8.78 Å². The highest BCUT2D eigenvalue weighted by molar-refractivity contribution is 6.10. The molecule has 1 amide bonds. The number of carbonyl (C=O) groups is 1. The Balaban J connectivity index is 1.81. The highest BCUT2D eigenvalue weighted by Gasteiger charge is 2.44. The Hall–Kier alpha value is -4.20. The molecule has 5 rings (SSSR count).